The number of hydrogen-bond donors (Lipinski definition) is 4. The number of aromatic nitrogens is 6. The van der Waals surface area contributed by atoms with E-state index in [4.69, 9.17) is 15.5 Å². The number of nitrogen functional groups attached to an aromatic ring is 1. The minimum absolute atomic E-state index is 0.102. The number of aliphatic hydroxyl groups is 2. The number of hydrogen-bond acceptors (Lipinski definition) is 9. The predicted octanol–water partition coefficient (Wildman–Crippen LogP) is 3.96. The highest BCUT2D eigenvalue weighted by molar-refractivity contribution is 5.81. The fourth-order valence-electron chi connectivity index (χ4n) is 6.96. The Hall–Kier alpha value is -3.12. The van der Waals surface area contributed by atoms with Crippen molar-refractivity contribution < 1.29 is 14.9 Å². The highest BCUT2D eigenvalue weighted by atomic mass is 16.6. The van der Waals surface area contributed by atoms with Crippen LogP contribution in [-0.4, -0.2) is 81.5 Å². The van der Waals surface area contributed by atoms with Gasteiger partial charge in [0.1, 0.15) is 36.0 Å². The number of benzene rings is 1. The number of rotatable bonds is 9. The molecule has 11 heteroatoms. The lowest BCUT2D eigenvalue weighted by Crippen LogP contribution is -2.53. The fourth-order valence-corrected chi connectivity index (χ4v) is 6.96. The van der Waals surface area contributed by atoms with Gasteiger partial charge in [-0.15, -0.1) is 0 Å². The standard InChI is InChI=1S/C32H46N8O3/c1-7-18(12-25-37-22-9-8-20(32(4,5)6)13-23(22)38-25)19-10-21(11-19)39(17(2)3)14-24-27(41)28(42)31(43-24)40-16-36-26-29(33)34-15-35-30(26)40/h8-9,13,15-19,21,24,27-28,31,41-42H,7,10-12,14H2,1-6H3,(H,37,38)(H2,33,34,35)/t18?,19?,21?,24-,27-,28+,31-/m1/s1. The molecule has 0 amide bonds. The summed E-state index contributed by atoms with van der Waals surface area (Å²) in [7, 11) is 0. The number of aromatic amines is 1. The molecule has 5 atom stereocenters. The van der Waals surface area contributed by atoms with Crippen molar-refractivity contribution in [3.8, 4) is 0 Å². The first-order chi connectivity index (χ1) is 20.4. The molecule has 11 nitrogen and oxygen atoms in total. The number of anilines is 1. The van der Waals surface area contributed by atoms with Crippen molar-refractivity contribution >= 4 is 28.0 Å². The summed E-state index contributed by atoms with van der Waals surface area (Å²) in [5.74, 6) is 2.50. The number of H-pyrrole nitrogens is 1. The third-order valence-corrected chi connectivity index (χ3v) is 9.71. The minimum Gasteiger partial charge on any atom is -0.387 e. The number of fused-ring (bicyclic) bond motifs is 2. The van der Waals surface area contributed by atoms with Crippen molar-refractivity contribution in [2.75, 3.05) is 12.3 Å². The maximum atomic E-state index is 11.0. The number of ether oxygens (including phenoxy) is 1. The van der Waals surface area contributed by atoms with E-state index in [1.54, 1.807) is 4.57 Å². The van der Waals surface area contributed by atoms with Crippen LogP contribution in [0.1, 0.15) is 78.4 Å². The lowest BCUT2D eigenvalue weighted by Gasteiger charge is -2.48. The van der Waals surface area contributed by atoms with E-state index in [9.17, 15) is 10.2 Å². The SMILES string of the molecule is CCC(Cc1nc2ccc(C(C)(C)C)cc2[nH]1)C1CC(N(C[C@H]2O[C@@H](n3cnc4c(N)ncnc43)[C@@H](O)[C@@H]2O)C(C)C)C1. The van der Waals surface area contributed by atoms with E-state index in [0.29, 0.717) is 35.6 Å². The van der Waals surface area contributed by atoms with Gasteiger partial charge in [-0.25, -0.2) is 19.9 Å². The van der Waals surface area contributed by atoms with Gasteiger partial charge < -0.3 is 25.7 Å². The van der Waals surface area contributed by atoms with Crippen molar-refractivity contribution in [2.24, 2.45) is 11.8 Å². The molecule has 0 bridgehead atoms. The molecule has 1 aliphatic carbocycles. The third kappa shape index (κ3) is 5.63. The molecule has 1 aliphatic heterocycles. The van der Waals surface area contributed by atoms with Crippen LogP contribution in [0, 0.1) is 11.8 Å². The molecule has 4 heterocycles. The molecule has 43 heavy (non-hydrogen) atoms. The molecule has 3 aromatic heterocycles. The van der Waals surface area contributed by atoms with Gasteiger partial charge in [-0.3, -0.25) is 9.47 Å². The monoisotopic (exact) mass is 590 g/mol. The number of imidazole rings is 2. The minimum atomic E-state index is -1.12. The van der Waals surface area contributed by atoms with Gasteiger partial charge in [0.25, 0.3) is 0 Å². The van der Waals surface area contributed by atoms with Crippen LogP contribution < -0.4 is 5.73 Å². The predicted molar refractivity (Wildman–Crippen MR) is 166 cm³/mol. The maximum absolute atomic E-state index is 11.0. The molecule has 2 fully saturated rings. The largest absolute Gasteiger partial charge is 0.387 e. The Kier molecular flexibility index (Phi) is 7.95. The average Bonchev–Trinajstić information content (AvgIpc) is 3.62. The second kappa shape index (κ2) is 11.4. The summed E-state index contributed by atoms with van der Waals surface area (Å²) in [6, 6.07) is 7.24. The summed E-state index contributed by atoms with van der Waals surface area (Å²) in [5, 5.41) is 22.0. The zero-order chi connectivity index (χ0) is 30.6. The summed E-state index contributed by atoms with van der Waals surface area (Å²) in [4.78, 5) is 23.5. The van der Waals surface area contributed by atoms with Gasteiger partial charge in [-0.1, -0.05) is 40.2 Å². The molecule has 232 valence electrons. The van der Waals surface area contributed by atoms with Crippen molar-refractivity contribution in [2.45, 2.75) is 109 Å². The first-order valence-electron chi connectivity index (χ1n) is 15.6. The first kappa shape index (κ1) is 29.9. The van der Waals surface area contributed by atoms with Gasteiger partial charge in [0.2, 0.25) is 0 Å². The second-order valence-corrected chi connectivity index (χ2v) is 13.8. The van der Waals surface area contributed by atoms with Crippen LogP contribution in [0.4, 0.5) is 5.82 Å². The van der Waals surface area contributed by atoms with Crippen LogP contribution in [-0.2, 0) is 16.6 Å². The molecule has 0 radical (unpaired) electrons. The Labute approximate surface area is 252 Å². The van der Waals surface area contributed by atoms with Crippen molar-refractivity contribution in [3.63, 3.8) is 0 Å². The van der Waals surface area contributed by atoms with E-state index in [0.717, 1.165) is 42.5 Å². The zero-order valence-electron chi connectivity index (χ0n) is 26.1. The normalized spacial score (nSPS) is 27.0. The number of nitrogens with one attached hydrogen (secondary N) is 1. The molecular formula is C32H46N8O3. The smallest absolute Gasteiger partial charge is 0.167 e. The number of nitrogens with zero attached hydrogens (tertiary/aromatic N) is 6. The summed E-state index contributed by atoms with van der Waals surface area (Å²) in [6.07, 6.45) is 3.64. The molecular weight excluding hydrogens is 544 g/mol. The Morgan fingerprint density at radius 1 is 1.14 bits per heavy atom. The molecule has 1 aromatic carbocycles. The lowest BCUT2D eigenvalue weighted by atomic mass is 9.69. The fraction of sp³-hybridized carbons (Fsp3) is 0.625. The van der Waals surface area contributed by atoms with Crippen molar-refractivity contribution in [1.82, 2.24) is 34.4 Å². The topological polar surface area (TPSA) is 151 Å². The van der Waals surface area contributed by atoms with Gasteiger partial charge in [0, 0.05) is 25.0 Å². The van der Waals surface area contributed by atoms with E-state index in [2.05, 4.69) is 84.6 Å². The van der Waals surface area contributed by atoms with Crippen LogP contribution in [0.15, 0.2) is 30.9 Å². The van der Waals surface area contributed by atoms with Crippen LogP contribution in [0.5, 0.6) is 0 Å². The molecule has 1 saturated carbocycles. The molecule has 5 N–H and O–H groups in total. The van der Waals surface area contributed by atoms with E-state index >= 15 is 0 Å². The van der Waals surface area contributed by atoms with Gasteiger partial charge in [0.05, 0.1) is 17.4 Å². The third-order valence-electron chi connectivity index (χ3n) is 9.71. The average molecular weight is 591 g/mol. The number of nitrogens with two attached hydrogens (primary N) is 1. The molecule has 1 saturated heterocycles. The summed E-state index contributed by atoms with van der Waals surface area (Å²) >= 11 is 0. The quantitative estimate of drug-likeness (QED) is 0.227. The summed E-state index contributed by atoms with van der Waals surface area (Å²) in [6.45, 7) is 13.9. The van der Waals surface area contributed by atoms with E-state index in [1.165, 1.54) is 18.2 Å². The number of aliphatic hydroxyl groups excluding tert-OH is 2. The van der Waals surface area contributed by atoms with E-state index in [1.807, 2.05) is 0 Å². The summed E-state index contributed by atoms with van der Waals surface area (Å²) in [5.41, 5.74) is 10.4. The van der Waals surface area contributed by atoms with Gasteiger partial charge in [-0.2, -0.15) is 0 Å². The highest BCUT2D eigenvalue weighted by Crippen LogP contribution is 2.42. The Bertz CT molecular complexity index is 1570. The van der Waals surface area contributed by atoms with Crippen LogP contribution in [0.3, 0.4) is 0 Å². The van der Waals surface area contributed by atoms with Crippen molar-refractivity contribution in [1.29, 1.82) is 0 Å². The van der Waals surface area contributed by atoms with E-state index in [-0.39, 0.29) is 17.3 Å². The molecule has 4 aromatic rings. The van der Waals surface area contributed by atoms with Gasteiger partial charge >= 0.3 is 0 Å². The van der Waals surface area contributed by atoms with Crippen LogP contribution in [0.2, 0.25) is 0 Å². The van der Waals surface area contributed by atoms with Gasteiger partial charge in [-0.05, 0) is 61.6 Å². The highest BCUT2D eigenvalue weighted by Gasteiger charge is 2.47. The Morgan fingerprint density at radius 2 is 1.91 bits per heavy atom. The van der Waals surface area contributed by atoms with Crippen LogP contribution >= 0.6 is 0 Å². The molecule has 6 rings (SSSR count). The zero-order valence-corrected chi connectivity index (χ0v) is 26.1. The molecule has 2 aliphatic rings. The van der Waals surface area contributed by atoms with Gasteiger partial charge in [0.15, 0.2) is 17.7 Å². The van der Waals surface area contributed by atoms with Crippen LogP contribution in [0.25, 0.3) is 22.2 Å². The Balaban J connectivity index is 1.10. The maximum Gasteiger partial charge on any atom is 0.167 e. The van der Waals surface area contributed by atoms with E-state index < -0.39 is 24.5 Å². The molecule has 0 spiro atoms. The Morgan fingerprint density at radius 3 is 2.60 bits per heavy atom. The first-order valence-corrected chi connectivity index (χ1v) is 15.6. The van der Waals surface area contributed by atoms with Crippen molar-refractivity contribution in [3.05, 3.63) is 42.2 Å². The second-order valence-electron chi connectivity index (χ2n) is 13.8. The summed E-state index contributed by atoms with van der Waals surface area (Å²) < 4.78 is 7.91. The lowest BCUT2D eigenvalue weighted by molar-refractivity contribution is -0.0652. The molecule has 1 unspecified atom stereocenters.